The molecule has 1 rings (SSSR count). The Balaban J connectivity index is 2.26. The molecule has 0 aliphatic carbocycles. The van der Waals surface area contributed by atoms with Gasteiger partial charge in [-0.3, -0.25) is 0 Å². The zero-order chi connectivity index (χ0) is 12.9. The molecule has 96 valence electrons. The zero-order valence-electron chi connectivity index (χ0n) is 8.88. The molecule has 17 heavy (non-hydrogen) atoms. The average Bonchev–Trinajstić information content (AvgIpc) is 2.18. The van der Waals surface area contributed by atoms with Crippen LogP contribution >= 0.6 is 23.4 Å². The smallest absolute Gasteiger partial charge is 0.391 e. The lowest BCUT2D eigenvalue weighted by Gasteiger charge is -2.12. The molecular formula is C11H12ClF3OS. The first kappa shape index (κ1) is 14.7. The Hall–Kier alpha value is -0.390. The van der Waals surface area contributed by atoms with Crippen molar-refractivity contribution in [3.05, 3.63) is 34.9 Å². The molecule has 0 amide bonds. The van der Waals surface area contributed by atoms with Crippen molar-refractivity contribution in [2.45, 2.75) is 24.5 Å². The Kier molecular flexibility index (Phi) is 5.62. The summed E-state index contributed by atoms with van der Waals surface area (Å²) in [5, 5.41) is 9.77. The molecule has 1 atom stereocenters. The second kappa shape index (κ2) is 6.52. The van der Waals surface area contributed by atoms with Gasteiger partial charge in [-0.25, -0.2) is 0 Å². The molecule has 0 saturated carbocycles. The summed E-state index contributed by atoms with van der Waals surface area (Å²) < 4.78 is 35.8. The van der Waals surface area contributed by atoms with Gasteiger partial charge in [0.25, 0.3) is 0 Å². The molecule has 1 nitrogen and oxygen atoms in total. The van der Waals surface area contributed by atoms with Crippen LogP contribution in [0.1, 0.15) is 12.0 Å². The van der Waals surface area contributed by atoms with Crippen LogP contribution in [0.25, 0.3) is 0 Å². The SMILES string of the molecule is OC(CSCc1ccc(Cl)cc1)CC(F)(F)F. The fraction of sp³-hybridized carbons (Fsp3) is 0.455. The van der Waals surface area contributed by atoms with E-state index in [-0.39, 0.29) is 5.75 Å². The third-order valence-corrected chi connectivity index (χ3v) is 3.37. The van der Waals surface area contributed by atoms with Gasteiger partial charge < -0.3 is 5.11 Å². The van der Waals surface area contributed by atoms with Crippen molar-refractivity contribution in [1.82, 2.24) is 0 Å². The van der Waals surface area contributed by atoms with Crippen LogP contribution in [0.5, 0.6) is 0 Å². The van der Waals surface area contributed by atoms with Crippen LogP contribution in [0.4, 0.5) is 13.2 Å². The van der Waals surface area contributed by atoms with Crippen molar-refractivity contribution in [3.63, 3.8) is 0 Å². The highest BCUT2D eigenvalue weighted by Gasteiger charge is 2.30. The molecule has 0 heterocycles. The van der Waals surface area contributed by atoms with E-state index in [1.807, 2.05) is 12.1 Å². The van der Waals surface area contributed by atoms with E-state index in [1.54, 1.807) is 12.1 Å². The molecule has 0 aliphatic rings. The van der Waals surface area contributed by atoms with E-state index in [1.165, 1.54) is 11.8 Å². The van der Waals surface area contributed by atoms with Gasteiger partial charge in [0, 0.05) is 16.5 Å². The number of aliphatic hydroxyl groups excluding tert-OH is 1. The molecular weight excluding hydrogens is 273 g/mol. The zero-order valence-corrected chi connectivity index (χ0v) is 10.4. The van der Waals surface area contributed by atoms with E-state index in [9.17, 15) is 13.2 Å². The predicted octanol–water partition coefficient (Wildman–Crippen LogP) is 3.89. The third kappa shape index (κ3) is 6.81. The first-order valence-corrected chi connectivity index (χ1v) is 6.47. The Morgan fingerprint density at radius 3 is 2.35 bits per heavy atom. The van der Waals surface area contributed by atoms with Crippen LogP contribution in [0.2, 0.25) is 5.02 Å². The lowest BCUT2D eigenvalue weighted by molar-refractivity contribution is -0.150. The second-order valence-corrected chi connectivity index (χ2v) is 5.08. The number of alkyl halides is 3. The Labute approximate surface area is 107 Å². The van der Waals surface area contributed by atoms with Gasteiger partial charge in [-0.15, -0.1) is 0 Å². The number of rotatable bonds is 5. The topological polar surface area (TPSA) is 20.2 Å². The van der Waals surface area contributed by atoms with E-state index < -0.39 is 18.7 Å². The first-order valence-electron chi connectivity index (χ1n) is 4.94. The highest BCUT2D eigenvalue weighted by Crippen LogP contribution is 2.24. The van der Waals surface area contributed by atoms with Gasteiger partial charge >= 0.3 is 6.18 Å². The maximum atomic E-state index is 11.9. The Morgan fingerprint density at radius 1 is 1.24 bits per heavy atom. The largest absolute Gasteiger partial charge is 0.392 e. The fourth-order valence-corrected chi connectivity index (χ4v) is 2.28. The summed E-state index contributed by atoms with van der Waals surface area (Å²) >= 11 is 6.96. The first-order chi connectivity index (χ1) is 7.87. The molecule has 1 aromatic carbocycles. The number of aliphatic hydroxyl groups is 1. The third-order valence-electron chi connectivity index (χ3n) is 1.96. The summed E-state index contributed by atoms with van der Waals surface area (Å²) in [5.41, 5.74) is 0.971. The van der Waals surface area contributed by atoms with Gasteiger partial charge in [0.1, 0.15) is 0 Å². The number of hydrogen-bond acceptors (Lipinski definition) is 2. The highest BCUT2D eigenvalue weighted by molar-refractivity contribution is 7.98. The van der Waals surface area contributed by atoms with Crippen molar-refractivity contribution in [2.24, 2.45) is 0 Å². The van der Waals surface area contributed by atoms with E-state index in [0.29, 0.717) is 10.8 Å². The van der Waals surface area contributed by atoms with Crippen LogP contribution in [0.3, 0.4) is 0 Å². The highest BCUT2D eigenvalue weighted by atomic mass is 35.5. The summed E-state index contributed by atoms with van der Waals surface area (Å²) in [6.45, 7) is 0. The van der Waals surface area contributed by atoms with E-state index >= 15 is 0 Å². The summed E-state index contributed by atoms with van der Waals surface area (Å²) in [7, 11) is 0. The molecule has 1 N–H and O–H groups in total. The van der Waals surface area contributed by atoms with Gasteiger partial charge in [0.15, 0.2) is 0 Å². The van der Waals surface area contributed by atoms with Crippen molar-refractivity contribution in [1.29, 1.82) is 0 Å². The average molecular weight is 285 g/mol. The molecule has 0 fully saturated rings. The van der Waals surface area contributed by atoms with E-state index in [2.05, 4.69) is 0 Å². The van der Waals surface area contributed by atoms with Crippen LogP contribution in [0.15, 0.2) is 24.3 Å². The molecule has 0 aliphatic heterocycles. The number of hydrogen-bond donors (Lipinski definition) is 1. The molecule has 0 spiro atoms. The summed E-state index contributed by atoms with van der Waals surface area (Å²) in [4.78, 5) is 0. The molecule has 1 unspecified atom stereocenters. The summed E-state index contributed by atoms with van der Waals surface area (Å²) in [6, 6.07) is 7.07. The minimum atomic E-state index is -4.31. The quantitative estimate of drug-likeness (QED) is 0.885. The summed E-state index contributed by atoms with van der Waals surface area (Å²) in [6.07, 6.45) is -6.80. The van der Waals surface area contributed by atoms with Gasteiger partial charge in [0.2, 0.25) is 0 Å². The Morgan fingerprint density at radius 2 is 1.82 bits per heavy atom. The Bertz CT molecular complexity index is 340. The van der Waals surface area contributed by atoms with Crippen molar-refractivity contribution in [3.8, 4) is 0 Å². The molecule has 1 aromatic rings. The molecule has 6 heteroatoms. The van der Waals surface area contributed by atoms with Crippen molar-refractivity contribution < 1.29 is 18.3 Å². The standard InChI is InChI=1S/C11H12ClF3OS/c12-9-3-1-8(2-4-9)6-17-7-10(16)5-11(13,14)15/h1-4,10,16H,5-7H2. The van der Waals surface area contributed by atoms with Gasteiger partial charge in [-0.2, -0.15) is 24.9 Å². The molecule has 0 aromatic heterocycles. The van der Waals surface area contributed by atoms with Crippen molar-refractivity contribution >= 4 is 23.4 Å². The minimum absolute atomic E-state index is 0.0716. The molecule has 0 radical (unpaired) electrons. The van der Waals surface area contributed by atoms with Crippen LogP contribution in [-0.2, 0) is 5.75 Å². The van der Waals surface area contributed by atoms with Gasteiger partial charge in [-0.05, 0) is 17.7 Å². The lowest BCUT2D eigenvalue weighted by atomic mass is 10.2. The van der Waals surface area contributed by atoms with Crippen molar-refractivity contribution in [2.75, 3.05) is 5.75 Å². The monoisotopic (exact) mass is 284 g/mol. The van der Waals surface area contributed by atoms with Crippen LogP contribution < -0.4 is 0 Å². The van der Waals surface area contributed by atoms with E-state index in [4.69, 9.17) is 16.7 Å². The number of halogens is 4. The lowest BCUT2D eigenvalue weighted by Crippen LogP contribution is -2.21. The van der Waals surface area contributed by atoms with E-state index in [0.717, 1.165) is 5.56 Å². The molecule has 0 bridgehead atoms. The normalized spacial score (nSPS) is 13.7. The van der Waals surface area contributed by atoms with Gasteiger partial charge in [-0.1, -0.05) is 23.7 Å². The maximum absolute atomic E-state index is 11.9. The van der Waals surface area contributed by atoms with Gasteiger partial charge in [0.05, 0.1) is 12.5 Å². The fourth-order valence-electron chi connectivity index (χ4n) is 1.22. The number of thioether (sulfide) groups is 1. The molecule has 0 saturated heterocycles. The minimum Gasteiger partial charge on any atom is -0.392 e. The van der Waals surface area contributed by atoms with Crippen LogP contribution in [0, 0.1) is 0 Å². The van der Waals surface area contributed by atoms with Crippen LogP contribution in [-0.4, -0.2) is 23.1 Å². The summed E-state index contributed by atoms with van der Waals surface area (Å²) in [5.74, 6) is 0.633. The number of benzene rings is 1. The predicted molar refractivity (Wildman–Crippen MR) is 64.3 cm³/mol. The maximum Gasteiger partial charge on any atom is 0.391 e. The second-order valence-electron chi connectivity index (χ2n) is 3.61.